The Bertz CT molecular complexity index is 832. The molecule has 0 aliphatic heterocycles. The van der Waals surface area contributed by atoms with Crippen LogP contribution in [0, 0.1) is 0 Å². The van der Waals surface area contributed by atoms with Gasteiger partial charge >= 0.3 is 6.09 Å². The van der Waals surface area contributed by atoms with Gasteiger partial charge in [0, 0.05) is 18.2 Å². The van der Waals surface area contributed by atoms with E-state index in [1.807, 2.05) is 0 Å². The molecule has 1 fully saturated rings. The van der Waals surface area contributed by atoms with Gasteiger partial charge in [-0.15, -0.1) is 5.10 Å². The minimum Gasteiger partial charge on any atom is -0.442 e. The average molecular weight is 424 g/mol. The van der Waals surface area contributed by atoms with Crippen LogP contribution in [0.5, 0.6) is 0 Å². The number of anilines is 1. The van der Waals surface area contributed by atoms with E-state index in [0.717, 1.165) is 23.0 Å². The Kier molecular flexibility index (Phi) is 4.92. The third-order valence-electron chi connectivity index (χ3n) is 3.90. The topological polar surface area (TPSA) is 91.0 Å². The summed E-state index contributed by atoms with van der Waals surface area (Å²) in [6, 6.07) is 1.22. The summed E-state index contributed by atoms with van der Waals surface area (Å²) < 4.78 is 9.01. The molecule has 2 heterocycles. The Balaban J connectivity index is 1.77. The molecule has 2 aromatic heterocycles. The van der Waals surface area contributed by atoms with Crippen LogP contribution in [0.1, 0.15) is 58.2 Å². The number of ether oxygens (including phenoxy) is 1. The molecule has 0 saturated heterocycles. The second-order valence-corrected chi connectivity index (χ2v) is 8.34. The Morgan fingerprint density at radius 2 is 2.08 bits per heavy atom. The molecular weight excluding hydrogens is 402 g/mol. The van der Waals surface area contributed by atoms with E-state index in [1.165, 1.54) is 4.68 Å². The average Bonchev–Trinajstić information content (AvgIpc) is 3.15. The number of aromatic nitrogens is 4. The summed E-state index contributed by atoms with van der Waals surface area (Å²) in [6.07, 6.45) is 4.80. The molecule has 0 radical (unpaired) electrons. The lowest BCUT2D eigenvalue weighted by molar-refractivity contribution is -0.119. The highest BCUT2D eigenvalue weighted by Gasteiger charge is 2.32. The summed E-state index contributed by atoms with van der Waals surface area (Å²) in [5.41, 5.74) is 0.152. The molecule has 1 atom stereocenters. The third kappa shape index (κ3) is 4.32. The Hall–Kier alpha value is -2.16. The normalized spacial score (nSPS) is 15.6. The van der Waals surface area contributed by atoms with Crippen molar-refractivity contribution in [3.8, 4) is 0 Å². The Morgan fingerprint density at radius 3 is 2.62 bits per heavy atom. The van der Waals surface area contributed by atoms with Crippen molar-refractivity contribution >= 4 is 33.7 Å². The second kappa shape index (κ2) is 6.86. The first-order valence-corrected chi connectivity index (χ1v) is 9.27. The summed E-state index contributed by atoms with van der Waals surface area (Å²) in [5, 5.41) is 11.1. The van der Waals surface area contributed by atoms with Crippen molar-refractivity contribution in [1.29, 1.82) is 0 Å². The van der Waals surface area contributed by atoms with E-state index in [0.29, 0.717) is 5.82 Å². The molecular formula is C17H22BrN5O3. The van der Waals surface area contributed by atoms with Gasteiger partial charge in [-0.1, -0.05) is 0 Å². The van der Waals surface area contributed by atoms with Crippen LogP contribution in [0.4, 0.5) is 10.6 Å². The van der Waals surface area contributed by atoms with E-state index >= 15 is 0 Å². The maximum Gasteiger partial charge on any atom is 0.435 e. The van der Waals surface area contributed by atoms with E-state index < -0.39 is 17.7 Å². The van der Waals surface area contributed by atoms with Crippen LogP contribution >= 0.6 is 15.9 Å². The summed E-state index contributed by atoms with van der Waals surface area (Å²) in [4.78, 5) is 24.9. The van der Waals surface area contributed by atoms with Gasteiger partial charge in [-0.05, 0) is 56.5 Å². The van der Waals surface area contributed by atoms with Gasteiger partial charge in [0.05, 0.1) is 16.4 Å². The van der Waals surface area contributed by atoms with Gasteiger partial charge in [0.2, 0.25) is 5.91 Å². The lowest BCUT2D eigenvalue weighted by atomic mass is 10.2. The predicted octanol–water partition coefficient (Wildman–Crippen LogP) is 3.70. The Morgan fingerprint density at radius 1 is 1.38 bits per heavy atom. The molecule has 1 amide bonds. The van der Waals surface area contributed by atoms with Crippen molar-refractivity contribution in [2.75, 3.05) is 5.32 Å². The van der Waals surface area contributed by atoms with Crippen molar-refractivity contribution in [3.63, 3.8) is 0 Å². The fraction of sp³-hybridized carbons (Fsp3) is 0.529. The van der Waals surface area contributed by atoms with E-state index in [9.17, 15) is 9.59 Å². The van der Waals surface area contributed by atoms with Crippen LogP contribution in [-0.2, 0) is 9.53 Å². The largest absolute Gasteiger partial charge is 0.442 e. The molecule has 1 aliphatic carbocycles. The number of carbonyl (C=O) groups is 2. The lowest BCUT2D eigenvalue weighted by Crippen LogP contribution is -2.29. The fourth-order valence-electron chi connectivity index (χ4n) is 2.46. The fourth-order valence-corrected chi connectivity index (χ4v) is 2.76. The van der Waals surface area contributed by atoms with Crippen LogP contribution in [0.3, 0.4) is 0 Å². The van der Waals surface area contributed by atoms with E-state index in [2.05, 4.69) is 31.4 Å². The van der Waals surface area contributed by atoms with Gasteiger partial charge in [0.25, 0.3) is 0 Å². The molecule has 140 valence electrons. The molecule has 3 rings (SSSR count). The lowest BCUT2D eigenvalue weighted by Gasteiger charge is -2.19. The number of hydrogen-bond donors (Lipinski definition) is 1. The summed E-state index contributed by atoms with van der Waals surface area (Å²) in [6.45, 7) is 7.15. The second-order valence-electron chi connectivity index (χ2n) is 7.42. The first-order valence-electron chi connectivity index (χ1n) is 8.48. The van der Waals surface area contributed by atoms with Crippen molar-refractivity contribution in [2.45, 2.75) is 58.1 Å². The van der Waals surface area contributed by atoms with Crippen LogP contribution in [0.25, 0.3) is 0 Å². The molecule has 0 bridgehead atoms. The smallest absolute Gasteiger partial charge is 0.435 e. The van der Waals surface area contributed by atoms with E-state index in [-0.39, 0.29) is 11.8 Å². The monoisotopic (exact) mass is 423 g/mol. The van der Waals surface area contributed by atoms with Crippen LogP contribution < -0.4 is 5.32 Å². The minimum atomic E-state index is -0.616. The van der Waals surface area contributed by atoms with Crippen LogP contribution in [0.2, 0.25) is 0 Å². The first kappa shape index (κ1) is 18.6. The molecule has 2 aromatic rings. The zero-order valence-corrected chi connectivity index (χ0v) is 16.8. The maximum absolute atomic E-state index is 12.5. The summed E-state index contributed by atoms with van der Waals surface area (Å²) >= 11 is 3.31. The molecule has 0 spiro atoms. The number of hydrogen-bond acceptors (Lipinski definition) is 5. The number of nitrogens with one attached hydrogen (secondary N) is 1. The van der Waals surface area contributed by atoms with Gasteiger partial charge in [-0.25, -0.2) is 4.79 Å². The summed E-state index contributed by atoms with van der Waals surface area (Å²) in [5.74, 6) is 0.345. The first-order chi connectivity index (χ1) is 12.1. The maximum atomic E-state index is 12.5. The number of halogens is 1. The third-order valence-corrected chi connectivity index (χ3v) is 4.31. The molecule has 1 N–H and O–H groups in total. The van der Waals surface area contributed by atoms with Crippen LogP contribution in [-0.4, -0.2) is 37.2 Å². The zero-order valence-electron chi connectivity index (χ0n) is 15.2. The highest BCUT2D eigenvalue weighted by atomic mass is 79.9. The van der Waals surface area contributed by atoms with Crippen LogP contribution in [0.15, 0.2) is 22.9 Å². The SMILES string of the molecule is CC(C(=O)Nc1cc(C2CC2)n(C(=O)OC(C)(C)C)n1)n1cc(Br)cn1. The number of amides is 1. The summed E-state index contributed by atoms with van der Waals surface area (Å²) in [7, 11) is 0. The molecule has 8 nitrogen and oxygen atoms in total. The molecule has 1 aliphatic rings. The van der Waals surface area contributed by atoms with Crippen molar-refractivity contribution in [1.82, 2.24) is 19.6 Å². The molecule has 0 aromatic carbocycles. The van der Waals surface area contributed by atoms with E-state index in [4.69, 9.17) is 4.74 Å². The standard InChI is InChI=1S/C17H22BrN5O3/c1-10(22-9-12(18)8-19-22)15(24)20-14-7-13(11-5-6-11)23(21-14)16(25)26-17(2,3)4/h7-11H,5-6H2,1-4H3,(H,20,21,24). The van der Waals surface area contributed by atoms with Gasteiger partial charge < -0.3 is 10.1 Å². The van der Waals surface area contributed by atoms with Gasteiger partial charge in [0.15, 0.2) is 5.82 Å². The molecule has 1 unspecified atom stereocenters. The zero-order chi connectivity index (χ0) is 19.1. The highest BCUT2D eigenvalue weighted by molar-refractivity contribution is 9.10. The minimum absolute atomic E-state index is 0.267. The van der Waals surface area contributed by atoms with E-state index in [1.54, 1.807) is 50.8 Å². The Labute approximate surface area is 160 Å². The number of carbonyl (C=O) groups excluding carboxylic acids is 2. The molecule has 26 heavy (non-hydrogen) atoms. The van der Waals surface area contributed by atoms with Gasteiger partial charge in [-0.3, -0.25) is 9.48 Å². The van der Waals surface area contributed by atoms with Crippen molar-refractivity contribution < 1.29 is 14.3 Å². The molecule has 1 saturated carbocycles. The van der Waals surface area contributed by atoms with Crippen molar-refractivity contribution in [2.24, 2.45) is 0 Å². The quantitative estimate of drug-likeness (QED) is 0.808. The predicted molar refractivity (Wildman–Crippen MR) is 99.1 cm³/mol. The number of rotatable bonds is 4. The number of nitrogens with zero attached hydrogens (tertiary/aromatic N) is 4. The highest BCUT2D eigenvalue weighted by Crippen LogP contribution is 2.41. The molecule has 9 heteroatoms. The van der Waals surface area contributed by atoms with Gasteiger partial charge in [-0.2, -0.15) is 9.78 Å². The van der Waals surface area contributed by atoms with Crippen molar-refractivity contribution in [3.05, 3.63) is 28.6 Å². The van der Waals surface area contributed by atoms with Gasteiger partial charge in [0.1, 0.15) is 11.6 Å².